The summed E-state index contributed by atoms with van der Waals surface area (Å²) in [6.45, 7) is -2.34. The second kappa shape index (κ2) is 11.6. The fourth-order valence-electron chi connectivity index (χ4n) is 4.03. The third-order valence-corrected chi connectivity index (χ3v) is 6.10. The number of ether oxygens (including phenoxy) is 5. The van der Waals surface area contributed by atoms with Crippen molar-refractivity contribution in [2.24, 2.45) is 0 Å². The lowest BCUT2D eigenvalue weighted by atomic mass is 9.96. The maximum atomic E-state index is 10.6. The van der Waals surface area contributed by atoms with Crippen LogP contribution in [0.25, 0.3) is 0 Å². The van der Waals surface area contributed by atoms with Gasteiger partial charge in [0.1, 0.15) is 73.2 Å². The Bertz CT molecular complexity index is 639. The lowest BCUT2D eigenvalue weighted by Crippen LogP contribution is -2.67. The van der Waals surface area contributed by atoms with E-state index in [1.54, 1.807) is 0 Å². The van der Waals surface area contributed by atoms with Crippen LogP contribution in [-0.4, -0.2) is 168 Å². The highest BCUT2D eigenvalue weighted by molar-refractivity contribution is 4.96. The first-order valence-corrected chi connectivity index (χ1v) is 10.6. The third kappa shape index (κ3) is 5.37. The van der Waals surface area contributed by atoms with Gasteiger partial charge in [0.25, 0.3) is 0 Å². The van der Waals surface area contributed by atoms with Crippen molar-refractivity contribution in [1.82, 2.24) is 0 Å². The second-order valence-corrected chi connectivity index (χ2v) is 8.33. The van der Waals surface area contributed by atoms with Gasteiger partial charge in [0.05, 0.1) is 19.8 Å². The average Bonchev–Trinajstić information content (AvgIpc) is 2.83. The molecule has 3 rings (SSSR count). The first-order valence-electron chi connectivity index (χ1n) is 10.6. The molecular formula is C18H32O16. The van der Waals surface area contributed by atoms with Gasteiger partial charge >= 0.3 is 0 Å². The second-order valence-electron chi connectivity index (χ2n) is 8.33. The summed E-state index contributed by atoms with van der Waals surface area (Å²) in [5.74, 6) is 0. The van der Waals surface area contributed by atoms with Gasteiger partial charge in [-0.1, -0.05) is 0 Å². The lowest BCUT2D eigenvalue weighted by molar-refractivity contribution is -0.387. The summed E-state index contributed by atoms with van der Waals surface area (Å²) in [4.78, 5) is 0. The van der Waals surface area contributed by atoms with Gasteiger partial charge in [-0.05, 0) is 0 Å². The smallest absolute Gasteiger partial charge is 0.187 e. The number of aliphatic hydroxyl groups excluding tert-OH is 11. The quantitative estimate of drug-likeness (QED) is 0.154. The Kier molecular flexibility index (Phi) is 9.54. The number of hydrogen-bond acceptors (Lipinski definition) is 16. The fourth-order valence-corrected chi connectivity index (χ4v) is 4.03. The molecular weight excluding hydrogens is 472 g/mol. The highest BCUT2D eigenvalue weighted by Gasteiger charge is 2.53. The molecule has 0 radical (unpaired) electrons. The SMILES string of the molecule is OC[C@@H]1O[C@H](O[C@@H]2[C@@H](O[C@@H]3[C@@H](O)[C@H](CO)O[C@H](O)[C@H]3O)O[C@@H](CO)[C@H](O)[C@H]2O)[C@@H](O)[C@H](O)[C@H]1O. The van der Waals surface area contributed by atoms with Crippen molar-refractivity contribution < 1.29 is 79.9 Å². The molecule has 3 aliphatic heterocycles. The molecule has 15 atom stereocenters. The van der Waals surface area contributed by atoms with Gasteiger partial charge in [-0.3, -0.25) is 0 Å². The molecule has 3 aliphatic rings. The molecule has 0 saturated carbocycles. The molecule has 16 nitrogen and oxygen atoms in total. The van der Waals surface area contributed by atoms with Crippen LogP contribution in [0.4, 0.5) is 0 Å². The predicted octanol–water partition coefficient (Wildman–Crippen LogP) is -7.57. The van der Waals surface area contributed by atoms with E-state index in [1.807, 2.05) is 0 Å². The Labute approximate surface area is 192 Å². The molecule has 11 N–H and O–H groups in total. The van der Waals surface area contributed by atoms with Gasteiger partial charge in [-0.15, -0.1) is 0 Å². The van der Waals surface area contributed by atoms with E-state index >= 15 is 0 Å². The molecule has 0 aliphatic carbocycles. The van der Waals surface area contributed by atoms with Crippen LogP contribution in [0.2, 0.25) is 0 Å². The van der Waals surface area contributed by atoms with Crippen LogP contribution >= 0.6 is 0 Å². The largest absolute Gasteiger partial charge is 0.394 e. The summed E-state index contributed by atoms with van der Waals surface area (Å²) in [6, 6.07) is 0. The zero-order valence-electron chi connectivity index (χ0n) is 17.7. The Hall–Kier alpha value is -0.640. The average molecular weight is 504 g/mol. The molecule has 34 heavy (non-hydrogen) atoms. The highest BCUT2D eigenvalue weighted by atomic mass is 16.8. The van der Waals surface area contributed by atoms with Crippen molar-refractivity contribution in [2.45, 2.75) is 92.1 Å². The minimum absolute atomic E-state index is 0.762. The van der Waals surface area contributed by atoms with E-state index in [1.165, 1.54) is 0 Å². The van der Waals surface area contributed by atoms with Crippen molar-refractivity contribution in [1.29, 1.82) is 0 Å². The normalized spacial score (nSPS) is 52.5. The van der Waals surface area contributed by atoms with E-state index in [0.717, 1.165) is 0 Å². The minimum atomic E-state index is -1.89. The van der Waals surface area contributed by atoms with Gasteiger partial charge in [0.15, 0.2) is 18.9 Å². The van der Waals surface area contributed by atoms with Gasteiger partial charge in [0.2, 0.25) is 0 Å². The first-order chi connectivity index (χ1) is 16.0. The Morgan fingerprint density at radius 2 is 0.912 bits per heavy atom. The van der Waals surface area contributed by atoms with Crippen molar-refractivity contribution in [2.75, 3.05) is 19.8 Å². The van der Waals surface area contributed by atoms with E-state index in [2.05, 4.69) is 0 Å². The number of rotatable bonds is 7. The molecule has 0 aromatic carbocycles. The lowest BCUT2D eigenvalue weighted by Gasteiger charge is -2.48. The van der Waals surface area contributed by atoms with Gasteiger partial charge in [0, 0.05) is 0 Å². The molecule has 200 valence electrons. The van der Waals surface area contributed by atoms with Crippen LogP contribution in [0.15, 0.2) is 0 Å². The Morgan fingerprint density at radius 3 is 1.47 bits per heavy atom. The molecule has 3 heterocycles. The minimum Gasteiger partial charge on any atom is -0.394 e. The topological polar surface area (TPSA) is 269 Å². The molecule has 0 spiro atoms. The zero-order chi connectivity index (χ0) is 25.3. The third-order valence-electron chi connectivity index (χ3n) is 6.10. The van der Waals surface area contributed by atoms with Crippen molar-refractivity contribution in [3.8, 4) is 0 Å². The molecule has 0 aromatic heterocycles. The van der Waals surface area contributed by atoms with E-state index in [0.29, 0.717) is 0 Å². The summed E-state index contributed by atoms with van der Waals surface area (Å²) < 4.78 is 26.5. The van der Waals surface area contributed by atoms with Crippen LogP contribution < -0.4 is 0 Å². The molecule has 3 saturated heterocycles. The molecule has 16 heteroatoms. The molecule has 0 bridgehead atoms. The summed E-state index contributed by atoms with van der Waals surface area (Å²) in [5, 5.41) is 110. The van der Waals surface area contributed by atoms with Crippen LogP contribution in [0.1, 0.15) is 0 Å². The van der Waals surface area contributed by atoms with Crippen molar-refractivity contribution in [3.63, 3.8) is 0 Å². The summed E-state index contributed by atoms with van der Waals surface area (Å²) in [5.41, 5.74) is 0. The maximum Gasteiger partial charge on any atom is 0.187 e. The summed E-state index contributed by atoms with van der Waals surface area (Å²) in [6.07, 6.45) is -25.7. The standard InChI is InChI=1S/C18H32O16/c19-1-4-7(22)10(25)12(27)17(31-4)34-15-11(26)8(23)5(2-20)32-18(15)33-14-9(24)6(3-21)30-16(29)13(14)28/h4-29H,1-3H2/t4-,5-,6-,7-,8-,9-,10+,11+,12-,13-,14+,15-,16-,17+,18+/m0/s1. The van der Waals surface area contributed by atoms with E-state index < -0.39 is 112 Å². The summed E-state index contributed by atoms with van der Waals surface area (Å²) in [7, 11) is 0. The highest BCUT2D eigenvalue weighted by Crippen LogP contribution is 2.32. The number of hydrogen-bond donors (Lipinski definition) is 11. The van der Waals surface area contributed by atoms with Crippen LogP contribution in [0, 0.1) is 0 Å². The monoisotopic (exact) mass is 504 g/mol. The van der Waals surface area contributed by atoms with Crippen LogP contribution in [-0.2, 0) is 23.7 Å². The Morgan fingerprint density at radius 1 is 0.441 bits per heavy atom. The predicted molar refractivity (Wildman–Crippen MR) is 101 cm³/mol. The van der Waals surface area contributed by atoms with Crippen LogP contribution in [0.3, 0.4) is 0 Å². The zero-order valence-corrected chi connectivity index (χ0v) is 17.7. The van der Waals surface area contributed by atoms with Crippen LogP contribution in [0.5, 0.6) is 0 Å². The van der Waals surface area contributed by atoms with Crippen molar-refractivity contribution in [3.05, 3.63) is 0 Å². The van der Waals surface area contributed by atoms with E-state index in [-0.39, 0.29) is 0 Å². The number of aliphatic hydroxyl groups is 11. The molecule has 0 amide bonds. The fraction of sp³-hybridized carbons (Fsp3) is 1.00. The van der Waals surface area contributed by atoms with Gasteiger partial charge in [-0.2, -0.15) is 0 Å². The Balaban J connectivity index is 1.84. The first kappa shape index (κ1) is 27.9. The van der Waals surface area contributed by atoms with E-state index in [4.69, 9.17) is 23.7 Å². The van der Waals surface area contributed by atoms with Crippen molar-refractivity contribution >= 4 is 0 Å². The molecule has 0 unspecified atom stereocenters. The van der Waals surface area contributed by atoms with Gasteiger partial charge < -0.3 is 79.9 Å². The maximum absolute atomic E-state index is 10.6. The summed E-state index contributed by atoms with van der Waals surface area (Å²) >= 11 is 0. The van der Waals surface area contributed by atoms with E-state index in [9.17, 15) is 56.2 Å². The molecule has 3 fully saturated rings. The molecule has 0 aromatic rings. The van der Waals surface area contributed by atoms with Gasteiger partial charge in [-0.25, -0.2) is 0 Å².